The van der Waals surface area contributed by atoms with E-state index in [1.807, 2.05) is 6.92 Å². The van der Waals surface area contributed by atoms with Crippen LogP contribution in [-0.2, 0) is 13.0 Å². The van der Waals surface area contributed by atoms with E-state index in [9.17, 15) is 4.39 Å². The molecule has 1 aromatic heterocycles. The zero-order valence-corrected chi connectivity index (χ0v) is 13.6. The van der Waals surface area contributed by atoms with Crippen molar-refractivity contribution in [3.05, 3.63) is 71.3 Å². The number of aromatic nitrogens is 3. The van der Waals surface area contributed by atoms with Gasteiger partial charge in [0.2, 0.25) is 0 Å². The number of hydrogen-bond donors (Lipinski definition) is 0. The molecule has 0 bridgehead atoms. The van der Waals surface area contributed by atoms with E-state index in [2.05, 4.69) is 39.5 Å². The Hall–Kier alpha value is -2.69. The first kappa shape index (κ1) is 14.9. The molecule has 0 N–H and O–H groups in total. The molecule has 0 aliphatic carbocycles. The lowest BCUT2D eigenvalue weighted by Crippen LogP contribution is -2.29. The maximum Gasteiger partial charge on any atom is 0.123 e. The van der Waals surface area contributed by atoms with E-state index in [0.717, 1.165) is 43.0 Å². The minimum Gasteiger partial charge on any atom is -0.365 e. The third-order valence-corrected chi connectivity index (χ3v) is 4.61. The van der Waals surface area contributed by atoms with E-state index in [-0.39, 0.29) is 5.82 Å². The summed E-state index contributed by atoms with van der Waals surface area (Å²) in [5, 5.41) is 8.61. The topological polar surface area (TPSA) is 34.0 Å². The molecule has 0 amide bonds. The van der Waals surface area contributed by atoms with Gasteiger partial charge in [-0.05, 0) is 55.7 Å². The second kappa shape index (κ2) is 6.07. The van der Waals surface area contributed by atoms with Gasteiger partial charge >= 0.3 is 0 Å². The van der Waals surface area contributed by atoms with E-state index in [1.54, 1.807) is 16.8 Å². The van der Waals surface area contributed by atoms with Crippen molar-refractivity contribution < 1.29 is 4.39 Å². The van der Waals surface area contributed by atoms with Crippen LogP contribution in [0.1, 0.15) is 23.4 Å². The van der Waals surface area contributed by atoms with Crippen LogP contribution in [0, 0.1) is 12.7 Å². The predicted molar refractivity (Wildman–Crippen MR) is 91.9 cm³/mol. The first-order valence-corrected chi connectivity index (χ1v) is 8.22. The minimum absolute atomic E-state index is 0.248. The third-order valence-electron chi connectivity index (χ3n) is 4.61. The average molecular weight is 322 g/mol. The van der Waals surface area contributed by atoms with Gasteiger partial charge in [0.15, 0.2) is 0 Å². The van der Waals surface area contributed by atoms with Crippen LogP contribution in [0.25, 0.3) is 5.69 Å². The number of nitrogens with zero attached hydrogens (tertiary/aromatic N) is 4. The monoisotopic (exact) mass is 322 g/mol. The molecule has 3 aromatic rings. The summed E-state index contributed by atoms with van der Waals surface area (Å²) in [5.41, 5.74) is 5.46. The molecule has 0 radical (unpaired) electrons. The van der Waals surface area contributed by atoms with Crippen LogP contribution < -0.4 is 4.90 Å². The first-order valence-electron chi connectivity index (χ1n) is 8.22. The molecule has 0 fully saturated rings. The van der Waals surface area contributed by atoms with E-state index >= 15 is 0 Å². The van der Waals surface area contributed by atoms with E-state index < -0.39 is 0 Å². The van der Waals surface area contributed by atoms with Gasteiger partial charge in [0.05, 0.1) is 17.9 Å². The van der Waals surface area contributed by atoms with Crippen molar-refractivity contribution in [3.8, 4) is 5.69 Å². The molecule has 1 aliphatic rings. The molecule has 4 rings (SSSR count). The second-order valence-corrected chi connectivity index (χ2v) is 6.16. The quantitative estimate of drug-likeness (QED) is 0.738. The number of halogens is 1. The van der Waals surface area contributed by atoms with Gasteiger partial charge in [-0.25, -0.2) is 9.07 Å². The summed E-state index contributed by atoms with van der Waals surface area (Å²) in [7, 11) is 0. The summed E-state index contributed by atoms with van der Waals surface area (Å²) in [6, 6.07) is 14.9. The van der Waals surface area contributed by atoms with Gasteiger partial charge in [-0.3, -0.25) is 0 Å². The molecule has 2 heterocycles. The Labute approximate surface area is 140 Å². The lowest BCUT2D eigenvalue weighted by molar-refractivity contribution is 0.626. The summed E-state index contributed by atoms with van der Waals surface area (Å²) < 4.78 is 14.9. The molecule has 0 saturated heterocycles. The van der Waals surface area contributed by atoms with Crippen LogP contribution in [-0.4, -0.2) is 21.5 Å². The highest BCUT2D eigenvalue weighted by atomic mass is 19.1. The van der Waals surface area contributed by atoms with Gasteiger partial charge in [0.1, 0.15) is 11.5 Å². The van der Waals surface area contributed by atoms with Crippen molar-refractivity contribution in [1.29, 1.82) is 0 Å². The Kier molecular flexibility index (Phi) is 3.76. The third kappa shape index (κ3) is 2.66. The molecule has 0 saturated carbocycles. The molecule has 4 nitrogen and oxygen atoms in total. The van der Waals surface area contributed by atoms with E-state index in [4.69, 9.17) is 0 Å². The Bertz CT molecular complexity index is 854. The zero-order valence-electron chi connectivity index (χ0n) is 13.6. The standard InChI is InChI=1S/C19H19FN4/c1-14-18(21-22-24(14)17-10-8-16(20)9-11-17)13-23-12-4-6-15-5-2-3-7-19(15)23/h2-3,5,7-11H,4,6,12-13H2,1H3. The lowest BCUT2D eigenvalue weighted by atomic mass is 10.0. The van der Waals surface area contributed by atoms with Crippen LogP contribution in [0.2, 0.25) is 0 Å². The van der Waals surface area contributed by atoms with Crippen molar-refractivity contribution in [2.24, 2.45) is 0 Å². The number of anilines is 1. The molecule has 0 atom stereocenters. The van der Waals surface area contributed by atoms with E-state index in [0.29, 0.717) is 0 Å². The van der Waals surface area contributed by atoms with Crippen molar-refractivity contribution in [1.82, 2.24) is 15.0 Å². The highest BCUT2D eigenvalue weighted by Crippen LogP contribution is 2.28. The molecule has 0 unspecified atom stereocenters. The summed E-state index contributed by atoms with van der Waals surface area (Å²) in [6.07, 6.45) is 2.29. The fourth-order valence-corrected chi connectivity index (χ4v) is 3.29. The summed E-state index contributed by atoms with van der Waals surface area (Å²) in [6.45, 7) is 3.78. The molecule has 122 valence electrons. The second-order valence-electron chi connectivity index (χ2n) is 6.16. The van der Waals surface area contributed by atoms with Crippen LogP contribution in [0.5, 0.6) is 0 Å². The number of para-hydroxylation sites is 1. The van der Waals surface area contributed by atoms with Gasteiger partial charge < -0.3 is 4.90 Å². The highest BCUT2D eigenvalue weighted by molar-refractivity contribution is 5.55. The molecule has 2 aromatic carbocycles. The Morgan fingerprint density at radius 1 is 1.08 bits per heavy atom. The molecular formula is C19H19FN4. The number of rotatable bonds is 3. The molecule has 1 aliphatic heterocycles. The Balaban J connectivity index is 1.62. The van der Waals surface area contributed by atoms with Gasteiger partial charge in [-0.2, -0.15) is 0 Å². The van der Waals surface area contributed by atoms with Crippen molar-refractivity contribution >= 4 is 5.69 Å². The smallest absolute Gasteiger partial charge is 0.123 e. The summed E-state index contributed by atoms with van der Waals surface area (Å²) in [5.74, 6) is -0.248. The molecule has 0 spiro atoms. The summed E-state index contributed by atoms with van der Waals surface area (Å²) >= 11 is 0. The zero-order chi connectivity index (χ0) is 16.5. The number of benzene rings is 2. The van der Waals surface area contributed by atoms with Gasteiger partial charge in [0, 0.05) is 12.2 Å². The Morgan fingerprint density at radius 2 is 1.88 bits per heavy atom. The maximum atomic E-state index is 13.1. The lowest BCUT2D eigenvalue weighted by Gasteiger charge is -2.30. The fraction of sp³-hybridized carbons (Fsp3) is 0.263. The maximum absolute atomic E-state index is 13.1. The minimum atomic E-state index is -0.248. The van der Waals surface area contributed by atoms with Crippen molar-refractivity contribution in [3.63, 3.8) is 0 Å². The number of hydrogen-bond acceptors (Lipinski definition) is 3. The molecule has 24 heavy (non-hydrogen) atoms. The van der Waals surface area contributed by atoms with Crippen LogP contribution in [0.4, 0.5) is 10.1 Å². The number of fused-ring (bicyclic) bond motifs is 1. The highest BCUT2D eigenvalue weighted by Gasteiger charge is 2.19. The van der Waals surface area contributed by atoms with Crippen LogP contribution in [0.15, 0.2) is 48.5 Å². The molecular weight excluding hydrogens is 303 g/mol. The molecule has 5 heteroatoms. The largest absolute Gasteiger partial charge is 0.365 e. The fourth-order valence-electron chi connectivity index (χ4n) is 3.29. The SMILES string of the molecule is Cc1c(CN2CCCc3ccccc32)nnn1-c1ccc(F)cc1. The van der Waals surface area contributed by atoms with Gasteiger partial charge in [0.25, 0.3) is 0 Å². The van der Waals surface area contributed by atoms with Crippen LogP contribution in [0.3, 0.4) is 0 Å². The van der Waals surface area contributed by atoms with E-state index in [1.165, 1.54) is 23.4 Å². The van der Waals surface area contributed by atoms with Crippen molar-refractivity contribution in [2.75, 3.05) is 11.4 Å². The number of aryl methyl sites for hydroxylation is 1. The summed E-state index contributed by atoms with van der Waals surface area (Å²) in [4.78, 5) is 2.37. The average Bonchev–Trinajstić information content (AvgIpc) is 2.97. The van der Waals surface area contributed by atoms with Gasteiger partial charge in [-0.15, -0.1) is 5.10 Å². The van der Waals surface area contributed by atoms with Crippen LogP contribution >= 0.6 is 0 Å². The normalized spacial score (nSPS) is 13.8. The Morgan fingerprint density at radius 3 is 2.71 bits per heavy atom. The predicted octanol–water partition coefficient (Wildman–Crippen LogP) is 3.67. The van der Waals surface area contributed by atoms with Gasteiger partial charge in [-0.1, -0.05) is 23.4 Å². The first-order chi connectivity index (χ1) is 11.7. The van der Waals surface area contributed by atoms with Crippen molar-refractivity contribution in [2.45, 2.75) is 26.3 Å².